The fraction of sp³-hybridized carbons (Fsp3) is 0.154. The monoisotopic (exact) mass is 432 g/mol. The van der Waals surface area contributed by atoms with Crippen molar-refractivity contribution in [2.75, 3.05) is 7.11 Å². The maximum atomic E-state index is 12.8. The molecular weight excluding hydrogens is 408 g/mol. The van der Waals surface area contributed by atoms with Crippen LogP contribution in [0.1, 0.15) is 24.8 Å². The van der Waals surface area contributed by atoms with Gasteiger partial charge in [0.25, 0.3) is 0 Å². The minimum atomic E-state index is -3.51. The summed E-state index contributed by atoms with van der Waals surface area (Å²) in [5.74, 6) is 2.32. The van der Waals surface area contributed by atoms with E-state index >= 15 is 0 Å². The highest BCUT2D eigenvalue weighted by molar-refractivity contribution is 7.95. The smallest absolute Gasteiger partial charge is 0.203 e. The van der Waals surface area contributed by atoms with Crippen molar-refractivity contribution in [2.45, 2.75) is 24.2 Å². The first-order valence-corrected chi connectivity index (χ1v) is 11.6. The molecule has 4 rings (SSSR count). The van der Waals surface area contributed by atoms with Gasteiger partial charge in [-0.2, -0.15) is 0 Å². The second-order valence-corrected chi connectivity index (χ2v) is 9.28. The highest BCUT2D eigenvalue weighted by atomic mass is 32.2. The van der Waals surface area contributed by atoms with E-state index in [9.17, 15) is 8.42 Å². The molecule has 31 heavy (non-hydrogen) atoms. The Morgan fingerprint density at radius 3 is 2.19 bits per heavy atom. The number of benzene rings is 2. The van der Waals surface area contributed by atoms with Crippen LogP contribution in [0.3, 0.4) is 0 Å². The summed E-state index contributed by atoms with van der Waals surface area (Å²) >= 11 is 0. The van der Waals surface area contributed by atoms with Crippen LogP contribution in [-0.2, 0) is 9.84 Å². The normalized spacial score (nSPS) is 16.1. The van der Waals surface area contributed by atoms with Crippen molar-refractivity contribution in [2.24, 2.45) is 0 Å². The largest absolute Gasteiger partial charge is 0.497 e. The molecule has 158 valence electrons. The molecular formula is C26H24O4S. The molecule has 4 nitrogen and oxygen atoms in total. The van der Waals surface area contributed by atoms with Crippen molar-refractivity contribution >= 4 is 15.4 Å². The van der Waals surface area contributed by atoms with E-state index < -0.39 is 9.84 Å². The third kappa shape index (κ3) is 4.89. The van der Waals surface area contributed by atoms with Crippen molar-refractivity contribution < 1.29 is 17.9 Å². The summed E-state index contributed by atoms with van der Waals surface area (Å²) in [6.45, 7) is 0. The lowest BCUT2D eigenvalue weighted by Gasteiger charge is -2.16. The van der Waals surface area contributed by atoms with Crippen molar-refractivity contribution in [1.82, 2.24) is 0 Å². The first kappa shape index (κ1) is 20.9. The Morgan fingerprint density at radius 2 is 1.52 bits per heavy atom. The van der Waals surface area contributed by atoms with Gasteiger partial charge in [-0.1, -0.05) is 42.5 Å². The van der Waals surface area contributed by atoms with E-state index in [1.165, 1.54) is 11.1 Å². The molecule has 0 unspecified atom stereocenters. The number of sulfone groups is 1. The lowest BCUT2D eigenvalue weighted by atomic mass is 9.96. The summed E-state index contributed by atoms with van der Waals surface area (Å²) in [6.07, 6.45) is 15.0. The summed E-state index contributed by atoms with van der Waals surface area (Å²) in [6, 6.07) is 14.6. The molecule has 0 fully saturated rings. The van der Waals surface area contributed by atoms with Crippen LogP contribution >= 0.6 is 0 Å². The minimum absolute atomic E-state index is 0.272. The van der Waals surface area contributed by atoms with E-state index in [2.05, 4.69) is 18.2 Å². The molecule has 2 aliphatic rings. The Kier molecular flexibility index (Phi) is 6.23. The Balaban J connectivity index is 1.45. The standard InChI is InChI=1S/C26H24O4S/c1-29-22-12-8-20(9-13-22)21-10-14-23(15-11-21)30-24-16-18-26(19-17-24)31(27,28)25-6-4-2-3-5-7-25/h2-6,8-10,12-14,16-19H,7,11,15H2,1H3. The highest BCUT2D eigenvalue weighted by Crippen LogP contribution is 2.30. The quantitative estimate of drug-likeness (QED) is 0.561. The Morgan fingerprint density at radius 1 is 0.774 bits per heavy atom. The number of hydrogen-bond acceptors (Lipinski definition) is 4. The highest BCUT2D eigenvalue weighted by Gasteiger charge is 2.20. The fourth-order valence-corrected chi connectivity index (χ4v) is 4.87. The number of hydrogen-bond donors (Lipinski definition) is 0. The van der Waals surface area contributed by atoms with Crippen LogP contribution in [0.15, 0.2) is 107 Å². The maximum absolute atomic E-state index is 12.8. The van der Waals surface area contributed by atoms with Crippen LogP contribution in [0.4, 0.5) is 0 Å². The molecule has 5 heteroatoms. The minimum Gasteiger partial charge on any atom is -0.497 e. The Labute approximate surface area is 183 Å². The van der Waals surface area contributed by atoms with Gasteiger partial charge in [0.2, 0.25) is 9.84 Å². The summed E-state index contributed by atoms with van der Waals surface area (Å²) < 4.78 is 36.9. The topological polar surface area (TPSA) is 52.6 Å². The van der Waals surface area contributed by atoms with E-state index in [-0.39, 0.29) is 4.90 Å². The molecule has 0 spiro atoms. The summed E-state index contributed by atoms with van der Waals surface area (Å²) in [7, 11) is -1.85. The lowest BCUT2D eigenvalue weighted by molar-refractivity contribution is 0.403. The van der Waals surface area contributed by atoms with Crippen LogP contribution in [-0.4, -0.2) is 15.5 Å². The first-order chi connectivity index (χ1) is 15.1. The van der Waals surface area contributed by atoms with Crippen molar-refractivity contribution in [3.8, 4) is 11.5 Å². The number of allylic oxidation sites excluding steroid dienone is 10. The average molecular weight is 433 g/mol. The number of methoxy groups -OCH3 is 1. The SMILES string of the molecule is COc1ccc(C2=CC=C(Oc3ccc(S(=O)(=O)C4=CC=CC=CC4)cc3)CC2)cc1. The molecule has 0 atom stereocenters. The van der Waals surface area contributed by atoms with Gasteiger partial charge < -0.3 is 9.47 Å². The van der Waals surface area contributed by atoms with Crippen molar-refractivity contribution in [3.63, 3.8) is 0 Å². The summed E-state index contributed by atoms with van der Waals surface area (Å²) in [5, 5.41) is 0. The molecule has 0 aromatic heterocycles. The van der Waals surface area contributed by atoms with Gasteiger partial charge in [-0.05, 0) is 66.1 Å². The predicted molar refractivity (Wildman–Crippen MR) is 124 cm³/mol. The Hall–Kier alpha value is -3.31. The molecule has 0 bridgehead atoms. The molecule has 0 saturated heterocycles. The third-order valence-corrected chi connectivity index (χ3v) is 7.15. The van der Waals surface area contributed by atoms with Gasteiger partial charge in [0, 0.05) is 12.8 Å². The fourth-order valence-electron chi connectivity index (χ4n) is 3.50. The molecule has 0 N–H and O–H groups in total. The Bertz CT molecular complexity index is 1190. The van der Waals surface area contributed by atoms with E-state index in [0.29, 0.717) is 17.1 Å². The third-order valence-electron chi connectivity index (χ3n) is 5.26. The second-order valence-electron chi connectivity index (χ2n) is 7.28. The summed E-state index contributed by atoms with van der Waals surface area (Å²) in [5.41, 5.74) is 2.42. The molecule has 2 aromatic rings. The van der Waals surface area contributed by atoms with Crippen LogP contribution in [0, 0.1) is 0 Å². The van der Waals surface area contributed by atoms with Gasteiger partial charge in [-0.25, -0.2) is 8.42 Å². The zero-order valence-electron chi connectivity index (χ0n) is 17.3. The summed E-state index contributed by atoms with van der Waals surface area (Å²) in [4.78, 5) is 0.659. The van der Waals surface area contributed by atoms with Gasteiger partial charge in [-0.15, -0.1) is 0 Å². The van der Waals surface area contributed by atoms with E-state index in [1.54, 1.807) is 43.5 Å². The van der Waals surface area contributed by atoms with Gasteiger partial charge in [0.1, 0.15) is 17.3 Å². The van der Waals surface area contributed by atoms with Gasteiger partial charge in [-0.3, -0.25) is 0 Å². The predicted octanol–water partition coefficient (Wildman–Crippen LogP) is 6.01. The molecule has 0 amide bonds. The molecule has 0 radical (unpaired) electrons. The van der Waals surface area contributed by atoms with E-state index in [1.807, 2.05) is 36.4 Å². The zero-order valence-corrected chi connectivity index (χ0v) is 18.1. The molecule has 2 aliphatic carbocycles. The lowest BCUT2D eigenvalue weighted by Crippen LogP contribution is -2.05. The second kappa shape index (κ2) is 9.23. The zero-order chi connectivity index (χ0) is 21.7. The molecule has 0 saturated carbocycles. The average Bonchev–Trinajstić information content (AvgIpc) is 3.10. The van der Waals surface area contributed by atoms with Gasteiger partial charge in [0.15, 0.2) is 0 Å². The van der Waals surface area contributed by atoms with Crippen LogP contribution in [0.2, 0.25) is 0 Å². The van der Waals surface area contributed by atoms with Gasteiger partial charge >= 0.3 is 0 Å². The van der Waals surface area contributed by atoms with Crippen LogP contribution < -0.4 is 9.47 Å². The first-order valence-electron chi connectivity index (χ1n) is 10.2. The van der Waals surface area contributed by atoms with E-state index in [0.717, 1.165) is 24.4 Å². The number of ether oxygens (including phenoxy) is 2. The number of rotatable bonds is 6. The van der Waals surface area contributed by atoms with E-state index in [4.69, 9.17) is 9.47 Å². The van der Waals surface area contributed by atoms with Crippen molar-refractivity contribution in [3.05, 3.63) is 107 Å². The maximum Gasteiger partial charge on any atom is 0.203 e. The van der Waals surface area contributed by atoms with Crippen LogP contribution in [0.5, 0.6) is 11.5 Å². The van der Waals surface area contributed by atoms with Crippen LogP contribution in [0.25, 0.3) is 5.57 Å². The molecule has 0 heterocycles. The van der Waals surface area contributed by atoms with Crippen molar-refractivity contribution in [1.29, 1.82) is 0 Å². The van der Waals surface area contributed by atoms with Gasteiger partial charge in [0.05, 0.1) is 16.9 Å². The molecule has 2 aromatic carbocycles. The molecule has 0 aliphatic heterocycles.